The van der Waals surface area contributed by atoms with E-state index in [-0.39, 0.29) is 5.91 Å². The molecule has 3 rings (SSSR count). The van der Waals surface area contributed by atoms with Gasteiger partial charge in [-0.1, -0.05) is 38.0 Å². The fourth-order valence-electron chi connectivity index (χ4n) is 2.59. The van der Waals surface area contributed by atoms with Crippen LogP contribution in [0.3, 0.4) is 0 Å². The molecule has 1 aliphatic rings. The third-order valence-corrected chi connectivity index (χ3v) is 4.92. The molecule has 0 radical (unpaired) electrons. The van der Waals surface area contributed by atoms with Crippen LogP contribution in [0.1, 0.15) is 27.3 Å². The van der Waals surface area contributed by atoms with E-state index < -0.39 is 0 Å². The molecule has 116 valence electrons. The van der Waals surface area contributed by atoms with Crippen LogP contribution in [0.4, 0.5) is 5.69 Å². The Morgan fingerprint density at radius 3 is 2.95 bits per heavy atom. The second kappa shape index (κ2) is 6.64. The maximum absolute atomic E-state index is 12.3. The van der Waals surface area contributed by atoms with Crippen molar-refractivity contribution in [3.05, 3.63) is 46.8 Å². The number of aromatic nitrogens is 2. The Kier molecular flexibility index (Phi) is 4.80. The van der Waals surface area contributed by atoms with Gasteiger partial charge in [-0.15, -0.1) is 0 Å². The number of benzene rings is 1. The van der Waals surface area contributed by atoms with Crippen LogP contribution in [-0.4, -0.2) is 26.9 Å². The zero-order valence-electron chi connectivity index (χ0n) is 12.3. The lowest BCUT2D eigenvalue weighted by atomic mass is 10.0. The van der Waals surface area contributed by atoms with E-state index in [1.165, 1.54) is 11.1 Å². The Bertz CT molecular complexity index is 716. The standard InChI is InChI=1S/C15H18IN4OP/c1-10-6-14(18-20(10)9-16)15(21)17-13-3-2-12-8-19(22)5-4-11(12)7-13/h2-3,6-7H,4-5,8-9,22H2,1H3,(H,17,21). The molecule has 1 aromatic carbocycles. The molecule has 1 aromatic heterocycles. The van der Waals surface area contributed by atoms with Gasteiger partial charge in [0, 0.05) is 24.5 Å². The molecule has 2 heterocycles. The van der Waals surface area contributed by atoms with Gasteiger partial charge in [-0.25, -0.2) is 0 Å². The van der Waals surface area contributed by atoms with Crippen LogP contribution in [0.15, 0.2) is 24.3 Å². The molecule has 7 heteroatoms. The molecule has 0 saturated carbocycles. The first kappa shape index (κ1) is 15.9. The summed E-state index contributed by atoms with van der Waals surface area (Å²) in [5.41, 5.74) is 4.92. The van der Waals surface area contributed by atoms with E-state index in [0.29, 0.717) is 5.69 Å². The summed E-state index contributed by atoms with van der Waals surface area (Å²) in [5, 5.41) is 7.26. The van der Waals surface area contributed by atoms with E-state index in [2.05, 4.69) is 59.2 Å². The lowest BCUT2D eigenvalue weighted by Gasteiger charge is -2.25. The monoisotopic (exact) mass is 428 g/mol. The minimum absolute atomic E-state index is 0.157. The van der Waals surface area contributed by atoms with E-state index in [0.717, 1.165) is 35.4 Å². The second-order valence-electron chi connectivity index (χ2n) is 5.45. The maximum atomic E-state index is 12.3. The highest BCUT2D eigenvalue weighted by Gasteiger charge is 2.16. The SMILES string of the molecule is Cc1cc(C(=O)Nc2ccc3c(c2)CCN(P)C3)nn1CI. The van der Waals surface area contributed by atoms with Gasteiger partial charge >= 0.3 is 0 Å². The lowest BCUT2D eigenvalue weighted by molar-refractivity contribution is 0.102. The van der Waals surface area contributed by atoms with Gasteiger partial charge in [-0.3, -0.25) is 14.1 Å². The zero-order chi connectivity index (χ0) is 15.7. The van der Waals surface area contributed by atoms with Gasteiger partial charge in [0.25, 0.3) is 5.91 Å². The number of hydrogen-bond donors (Lipinski definition) is 1. The van der Waals surface area contributed by atoms with Gasteiger partial charge in [0.1, 0.15) is 0 Å². The molecule has 0 saturated heterocycles. The van der Waals surface area contributed by atoms with Gasteiger partial charge in [0.2, 0.25) is 0 Å². The summed E-state index contributed by atoms with van der Waals surface area (Å²) in [6.45, 7) is 3.91. The molecular formula is C15H18IN4OP. The summed E-state index contributed by atoms with van der Waals surface area (Å²) in [4.78, 5) is 12.3. The van der Waals surface area contributed by atoms with Crippen molar-refractivity contribution in [2.75, 3.05) is 11.9 Å². The van der Waals surface area contributed by atoms with E-state index in [1.54, 1.807) is 0 Å². The third-order valence-electron chi connectivity index (χ3n) is 3.83. The molecule has 0 fully saturated rings. The largest absolute Gasteiger partial charge is 0.321 e. The molecule has 1 aliphatic heterocycles. The summed E-state index contributed by atoms with van der Waals surface area (Å²) in [7, 11) is 2.75. The number of anilines is 1. The van der Waals surface area contributed by atoms with Crippen molar-refractivity contribution >= 4 is 43.6 Å². The van der Waals surface area contributed by atoms with Crippen molar-refractivity contribution in [2.24, 2.45) is 0 Å². The van der Waals surface area contributed by atoms with Crippen molar-refractivity contribution in [1.82, 2.24) is 14.5 Å². The van der Waals surface area contributed by atoms with Gasteiger partial charge in [0.05, 0.1) is 4.55 Å². The molecule has 1 unspecified atom stereocenters. The first-order valence-corrected chi connectivity index (χ1v) is 9.14. The van der Waals surface area contributed by atoms with E-state index in [9.17, 15) is 4.79 Å². The lowest BCUT2D eigenvalue weighted by Crippen LogP contribution is -2.22. The molecule has 0 bridgehead atoms. The number of carbonyl (C=O) groups excluding carboxylic acids is 1. The Balaban J connectivity index is 1.76. The molecule has 22 heavy (non-hydrogen) atoms. The van der Waals surface area contributed by atoms with Crippen LogP contribution < -0.4 is 5.32 Å². The molecule has 2 aromatic rings. The fraction of sp³-hybridized carbons (Fsp3) is 0.333. The van der Waals surface area contributed by atoms with Crippen molar-refractivity contribution < 1.29 is 4.79 Å². The summed E-state index contributed by atoms with van der Waals surface area (Å²) in [6.07, 6.45) is 1.01. The van der Waals surface area contributed by atoms with E-state index in [4.69, 9.17) is 0 Å². The van der Waals surface area contributed by atoms with Crippen molar-refractivity contribution in [1.29, 1.82) is 0 Å². The number of fused-ring (bicyclic) bond motifs is 1. The number of hydrogen-bond acceptors (Lipinski definition) is 3. The van der Waals surface area contributed by atoms with Crippen molar-refractivity contribution in [2.45, 2.75) is 24.4 Å². The Hall–Kier alpha value is -0.980. The average molecular weight is 428 g/mol. The first-order chi connectivity index (χ1) is 10.6. The number of halogens is 1. The van der Waals surface area contributed by atoms with E-state index in [1.807, 2.05) is 23.7 Å². The highest BCUT2D eigenvalue weighted by molar-refractivity contribution is 14.1. The number of aryl methyl sites for hydroxylation is 1. The molecule has 0 spiro atoms. The maximum Gasteiger partial charge on any atom is 0.276 e. The molecular weight excluding hydrogens is 410 g/mol. The Morgan fingerprint density at radius 1 is 1.41 bits per heavy atom. The minimum atomic E-state index is -0.157. The van der Waals surface area contributed by atoms with Gasteiger partial charge in [-0.05, 0) is 42.7 Å². The van der Waals surface area contributed by atoms with Crippen LogP contribution >= 0.6 is 32.0 Å². The van der Waals surface area contributed by atoms with Crippen LogP contribution in [0.25, 0.3) is 0 Å². The number of carbonyl (C=O) groups is 1. The smallest absolute Gasteiger partial charge is 0.276 e. The van der Waals surface area contributed by atoms with Crippen LogP contribution in [0.2, 0.25) is 0 Å². The highest BCUT2D eigenvalue weighted by Crippen LogP contribution is 2.24. The Morgan fingerprint density at radius 2 is 2.23 bits per heavy atom. The quantitative estimate of drug-likeness (QED) is 0.465. The number of rotatable bonds is 3. The molecule has 5 nitrogen and oxygen atoms in total. The number of alkyl halides is 1. The topological polar surface area (TPSA) is 50.2 Å². The van der Waals surface area contributed by atoms with E-state index >= 15 is 0 Å². The minimum Gasteiger partial charge on any atom is -0.321 e. The molecule has 1 N–H and O–H groups in total. The highest BCUT2D eigenvalue weighted by atomic mass is 127. The predicted octanol–water partition coefficient (Wildman–Crippen LogP) is 2.98. The zero-order valence-corrected chi connectivity index (χ0v) is 15.7. The fourth-order valence-corrected chi connectivity index (χ4v) is 3.61. The second-order valence-corrected chi connectivity index (χ2v) is 6.86. The average Bonchev–Trinajstić information content (AvgIpc) is 2.88. The molecule has 1 amide bonds. The molecule has 0 aliphatic carbocycles. The summed E-state index contributed by atoms with van der Waals surface area (Å²) < 4.78 is 4.77. The third kappa shape index (κ3) is 3.34. The summed E-state index contributed by atoms with van der Waals surface area (Å²) >= 11 is 2.23. The van der Waals surface area contributed by atoms with Crippen molar-refractivity contribution in [3.63, 3.8) is 0 Å². The van der Waals surface area contributed by atoms with Crippen LogP contribution in [-0.2, 0) is 17.5 Å². The number of amides is 1. The Labute approximate surface area is 145 Å². The van der Waals surface area contributed by atoms with Crippen molar-refractivity contribution in [3.8, 4) is 0 Å². The summed E-state index contributed by atoms with van der Waals surface area (Å²) in [6, 6.07) is 7.95. The van der Waals surface area contributed by atoms with Gasteiger partial charge in [-0.2, -0.15) is 5.10 Å². The summed E-state index contributed by atoms with van der Waals surface area (Å²) in [5.74, 6) is -0.157. The number of nitrogens with zero attached hydrogens (tertiary/aromatic N) is 3. The normalized spacial score (nSPS) is 14.7. The molecule has 1 atom stereocenters. The van der Waals surface area contributed by atoms with Crippen LogP contribution in [0, 0.1) is 6.92 Å². The van der Waals surface area contributed by atoms with Crippen LogP contribution in [0.5, 0.6) is 0 Å². The first-order valence-electron chi connectivity index (χ1n) is 7.10. The number of nitrogens with one attached hydrogen (secondary N) is 1. The van der Waals surface area contributed by atoms with Gasteiger partial charge < -0.3 is 5.32 Å². The predicted molar refractivity (Wildman–Crippen MR) is 99.2 cm³/mol. The van der Waals surface area contributed by atoms with Gasteiger partial charge in [0.15, 0.2) is 5.69 Å².